The van der Waals surface area contributed by atoms with Gasteiger partial charge in [0, 0.05) is 24.5 Å². The molecule has 3 rings (SSSR count). The van der Waals surface area contributed by atoms with Gasteiger partial charge in [0.25, 0.3) is 0 Å². The third-order valence-corrected chi connectivity index (χ3v) is 4.06. The van der Waals surface area contributed by atoms with E-state index in [2.05, 4.69) is 22.3 Å². The van der Waals surface area contributed by atoms with E-state index >= 15 is 0 Å². The Kier molecular flexibility index (Phi) is 4.74. The normalized spacial score (nSPS) is 14.6. The van der Waals surface area contributed by atoms with Crippen LogP contribution in [0.3, 0.4) is 0 Å². The molecule has 3 heteroatoms. The summed E-state index contributed by atoms with van der Waals surface area (Å²) in [6.45, 7) is 2.23. The van der Waals surface area contributed by atoms with E-state index in [0.717, 1.165) is 24.3 Å². The summed E-state index contributed by atoms with van der Waals surface area (Å²) in [6.07, 6.45) is 4.24. The lowest BCUT2D eigenvalue weighted by Gasteiger charge is -2.29. The molecule has 0 aliphatic carbocycles. The van der Waals surface area contributed by atoms with Gasteiger partial charge >= 0.3 is 0 Å². The molecule has 2 aromatic carbocycles. The van der Waals surface area contributed by atoms with Gasteiger partial charge in [0.1, 0.15) is 0 Å². The topological polar surface area (TPSA) is 32.3 Å². The molecule has 0 bridgehead atoms. The summed E-state index contributed by atoms with van der Waals surface area (Å²) in [5.74, 6) is 0.0296. The summed E-state index contributed by atoms with van der Waals surface area (Å²) in [4.78, 5) is 14.5. The molecule has 1 saturated heterocycles. The molecule has 1 aliphatic rings. The maximum Gasteiger partial charge on any atom is 0.228 e. The fraction of sp³-hybridized carbons (Fsp3) is 0.316. The second-order valence-corrected chi connectivity index (χ2v) is 5.81. The fourth-order valence-corrected chi connectivity index (χ4v) is 2.92. The molecule has 0 radical (unpaired) electrons. The van der Waals surface area contributed by atoms with Gasteiger partial charge in [-0.25, -0.2) is 0 Å². The quantitative estimate of drug-likeness (QED) is 0.928. The Morgan fingerprint density at radius 3 is 2.50 bits per heavy atom. The van der Waals surface area contributed by atoms with Gasteiger partial charge < -0.3 is 10.2 Å². The van der Waals surface area contributed by atoms with Crippen LogP contribution >= 0.6 is 0 Å². The molecule has 1 N–H and O–H groups in total. The minimum atomic E-state index is 0.0296. The van der Waals surface area contributed by atoms with Crippen molar-refractivity contribution in [1.29, 1.82) is 0 Å². The summed E-state index contributed by atoms with van der Waals surface area (Å²) in [5.41, 5.74) is 3.12. The van der Waals surface area contributed by atoms with Gasteiger partial charge in [0.05, 0.1) is 6.42 Å². The third kappa shape index (κ3) is 3.88. The molecule has 1 amide bonds. The Morgan fingerprint density at radius 2 is 1.73 bits per heavy atom. The van der Waals surface area contributed by atoms with Gasteiger partial charge in [-0.15, -0.1) is 0 Å². The van der Waals surface area contributed by atoms with Gasteiger partial charge in [0.2, 0.25) is 5.91 Å². The van der Waals surface area contributed by atoms with Crippen molar-refractivity contribution in [3.8, 4) is 0 Å². The van der Waals surface area contributed by atoms with Gasteiger partial charge in [-0.3, -0.25) is 4.79 Å². The highest BCUT2D eigenvalue weighted by atomic mass is 16.1. The third-order valence-electron chi connectivity index (χ3n) is 4.06. The number of rotatable bonds is 4. The maximum atomic E-state index is 12.1. The summed E-state index contributed by atoms with van der Waals surface area (Å²) in [7, 11) is 0. The van der Waals surface area contributed by atoms with Gasteiger partial charge in [-0.05, 0) is 43.0 Å². The largest absolute Gasteiger partial charge is 0.371 e. The molecule has 0 spiro atoms. The second-order valence-electron chi connectivity index (χ2n) is 5.81. The van der Waals surface area contributed by atoms with E-state index < -0.39 is 0 Å². The van der Waals surface area contributed by atoms with Gasteiger partial charge in [-0.2, -0.15) is 0 Å². The molecule has 2 aromatic rings. The van der Waals surface area contributed by atoms with E-state index in [1.54, 1.807) is 0 Å². The van der Waals surface area contributed by atoms with Crippen LogP contribution < -0.4 is 10.2 Å². The number of nitrogens with zero attached hydrogens (tertiary/aromatic N) is 1. The van der Waals surface area contributed by atoms with Crippen molar-refractivity contribution in [3.05, 3.63) is 60.2 Å². The van der Waals surface area contributed by atoms with E-state index in [9.17, 15) is 4.79 Å². The molecular weight excluding hydrogens is 272 g/mol. The minimum Gasteiger partial charge on any atom is -0.371 e. The van der Waals surface area contributed by atoms with E-state index in [4.69, 9.17) is 0 Å². The van der Waals surface area contributed by atoms with Crippen LogP contribution in [0.2, 0.25) is 0 Å². The number of carbonyl (C=O) groups excluding carboxylic acids is 1. The predicted molar refractivity (Wildman–Crippen MR) is 91.3 cm³/mol. The first-order valence-electron chi connectivity index (χ1n) is 8.00. The number of benzene rings is 2. The van der Waals surface area contributed by atoms with Gasteiger partial charge in [-0.1, -0.05) is 36.4 Å². The minimum absolute atomic E-state index is 0.0296. The summed E-state index contributed by atoms with van der Waals surface area (Å²) in [5, 5.41) is 3.00. The van der Waals surface area contributed by atoms with E-state index in [0.29, 0.717) is 6.42 Å². The van der Waals surface area contributed by atoms with Crippen LogP contribution in [0.4, 0.5) is 11.4 Å². The van der Waals surface area contributed by atoms with Crippen LogP contribution in [0.25, 0.3) is 0 Å². The lowest BCUT2D eigenvalue weighted by Crippen LogP contribution is -2.29. The van der Waals surface area contributed by atoms with Crippen molar-refractivity contribution in [2.24, 2.45) is 0 Å². The fourth-order valence-electron chi connectivity index (χ4n) is 2.92. The monoisotopic (exact) mass is 294 g/mol. The van der Waals surface area contributed by atoms with Crippen LogP contribution in [0.1, 0.15) is 24.8 Å². The van der Waals surface area contributed by atoms with Crippen LogP contribution in [0, 0.1) is 0 Å². The number of amides is 1. The van der Waals surface area contributed by atoms with Crippen LogP contribution in [0.5, 0.6) is 0 Å². The molecule has 0 saturated carbocycles. The zero-order valence-corrected chi connectivity index (χ0v) is 12.8. The molecule has 0 atom stereocenters. The van der Waals surface area contributed by atoms with E-state index in [1.807, 2.05) is 42.5 Å². The average molecular weight is 294 g/mol. The Hall–Kier alpha value is -2.29. The Morgan fingerprint density at radius 1 is 0.955 bits per heavy atom. The van der Waals surface area contributed by atoms with Crippen molar-refractivity contribution >= 4 is 17.3 Å². The van der Waals surface area contributed by atoms with Crippen LogP contribution in [0.15, 0.2) is 54.6 Å². The Labute approximate surface area is 132 Å². The molecule has 1 fully saturated rings. The van der Waals surface area contributed by atoms with Crippen LogP contribution in [-0.2, 0) is 11.2 Å². The molecule has 3 nitrogen and oxygen atoms in total. The SMILES string of the molecule is O=C(Cc1ccccc1)Nc1cccc(N2CCCCC2)c1. The Bertz CT molecular complexity index is 618. The number of hydrogen-bond acceptors (Lipinski definition) is 2. The summed E-state index contributed by atoms with van der Waals surface area (Å²) < 4.78 is 0. The lowest BCUT2D eigenvalue weighted by atomic mass is 10.1. The van der Waals surface area contributed by atoms with Crippen molar-refractivity contribution in [2.45, 2.75) is 25.7 Å². The summed E-state index contributed by atoms with van der Waals surface area (Å²) >= 11 is 0. The predicted octanol–water partition coefficient (Wildman–Crippen LogP) is 3.86. The molecular formula is C19H22N2O. The number of anilines is 2. The lowest BCUT2D eigenvalue weighted by molar-refractivity contribution is -0.115. The number of piperidine rings is 1. The summed E-state index contributed by atoms with van der Waals surface area (Å²) in [6, 6.07) is 18.0. The smallest absolute Gasteiger partial charge is 0.228 e. The molecule has 0 aromatic heterocycles. The first-order chi connectivity index (χ1) is 10.8. The Balaban J connectivity index is 1.63. The van der Waals surface area contributed by atoms with Gasteiger partial charge in [0.15, 0.2) is 0 Å². The molecule has 114 valence electrons. The number of nitrogens with one attached hydrogen (secondary N) is 1. The standard InChI is InChI=1S/C19H22N2O/c22-19(14-16-8-3-1-4-9-16)20-17-10-7-11-18(15-17)21-12-5-2-6-13-21/h1,3-4,7-11,15H,2,5-6,12-14H2,(H,20,22). The zero-order valence-electron chi connectivity index (χ0n) is 12.8. The maximum absolute atomic E-state index is 12.1. The molecule has 1 aliphatic heterocycles. The van der Waals surface area contributed by atoms with E-state index in [-0.39, 0.29) is 5.91 Å². The molecule has 0 unspecified atom stereocenters. The highest BCUT2D eigenvalue weighted by Gasteiger charge is 2.11. The van der Waals surface area contributed by atoms with E-state index in [1.165, 1.54) is 24.9 Å². The highest BCUT2D eigenvalue weighted by molar-refractivity contribution is 5.92. The number of carbonyl (C=O) groups is 1. The van der Waals surface area contributed by atoms with Crippen molar-refractivity contribution in [1.82, 2.24) is 0 Å². The average Bonchev–Trinajstić information content (AvgIpc) is 2.57. The second kappa shape index (κ2) is 7.12. The molecule has 22 heavy (non-hydrogen) atoms. The first-order valence-corrected chi connectivity index (χ1v) is 8.00. The highest BCUT2D eigenvalue weighted by Crippen LogP contribution is 2.23. The first kappa shape index (κ1) is 14.6. The van der Waals surface area contributed by atoms with Crippen LogP contribution in [-0.4, -0.2) is 19.0 Å². The van der Waals surface area contributed by atoms with Crippen molar-refractivity contribution in [2.75, 3.05) is 23.3 Å². The van der Waals surface area contributed by atoms with Crippen molar-refractivity contribution < 1.29 is 4.79 Å². The van der Waals surface area contributed by atoms with Crippen molar-refractivity contribution in [3.63, 3.8) is 0 Å². The zero-order chi connectivity index (χ0) is 15.2. The molecule has 1 heterocycles. The number of hydrogen-bond donors (Lipinski definition) is 1.